The highest BCUT2D eigenvalue weighted by molar-refractivity contribution is 5.15. The molecule has 0 unspecified atom stereocenters. The van der Waals surface area contributed by atoms with Crippen LogP contribution in [0.3, 0.4) is 0 Å². The fraction of sp³-hybridized carbons (Fsp3) is 0.800. The average molecular weight is 290 g/mol. The van der Waals surface area contributed by atoms with Crippen LogP contribution in [0.1, 0.15) is 73.1 Å². The molecule has 2 fully saturated rings. The van der Waals surface area contributed by atoms with Gasteiger partial charge < -0.3 is 5.11 Å². The lowest BCUT2D eigenvalue weighted by molar-refractivity contribution is -0.165. The Morgan fingerprint density at radius 3 is 2.48 bits per heavy atom. The molecule has 0 heterocycles. The highest BCUT2D eigenvalue weighted by Crippen LogP contribution is 2.62. The van der Waals surface area contributed by atoms with Crippen molar-refractivity contribution in [2.24, 2.45) is 22.7 Å². The van der Waals surface area contributed by atoms with Crippen molar-refractivity contribution in [3.8, 4) is 0 Å². The van der Waals surface area contributed by atoms with Gasteiger partial charge in [0.15, 0.2) is 0 Å². The van der Waals surface area contributed by atoms with Crippen molar-refractivity contribution in [1.82, 2.24) is 0 Å². The van der Waals surface area contributed by atoms with Crippen LogP contribution in [0.5, 0.6) is 0 Å². The summed E-state index contributed by atoms with van der Waals surface area (Å²) in [5.41, 5.74) is 1.38. The van der Waals surface area contributed by atoms with Crippen LogP contribution in [-0.4, -0.2) is 10.7 Å². The van der Waals surface area contributed by atoms with E-state index in [0.717, 1.165) is 18.8 Å². The van der Waals surface area contributed by atoms with Crippen molar-refractivity contribution < 1.29 is 5.11 Å². The van der Waals surface area contributed by atoms with E-state index in [2.05, 4.69) is 47.3 Å². The number of allylic oxidation sites excluding steroid dienone is 3. The van der Waals surface area contributed by atoms with Crippen LogP contribution in [0.4, 0.5) is 0 Å². The summed E-state index contributed by atoms with van der Waals surface area (Å²) in [5.74, 6) is 1.10. The summed E-state index contributed by atoms with van der Waals surface area (Å²) in [6.07, 6.45) is 11.2. The Morgan fingerprint density at radius 2 is 1.86 bits per heavy atom. The van der Waals surface area contributed by atoms with Crippen molar-refractivity contribution in [1.29, 1.82) is 0 Å². The van der Waals surface area contributed by atoms with Crippen LogP contribution >= 0.6 is 0 Å². The summed E-state index contributed by atoms with van der Waals surface area (Å²) in [6, 6.07) is 0. The molecule has 21 heavy (non-hydrogen) atoms. The molecule has 0 aromatic carbocycles. The van der Waals surface area contributed by atoms with Gasteiger partial charge in [-0.15, -0.1) is 0 Å². The predicted octanol–water partition coefficient (Wildman–Crippen LogP) is 5.50. The van der Waals surface area contributed by atoms with Crippen molar-refractivity contribution in [3.05, 3.63) is 24.3 Å². The zero-order valence-electron chi connectivity index (χ0n) is 14.7. The van der Waals surface area contributed by atoms with Crippen LogP contribution in [0.2, 0.25) is 0 Å². The maximum atomic E-state index is 11.0. The summed E-state index contributed by atoms with van der Waals surface area (Å²) < 4.78 is 0. The van der Waals surface area contributed by atoms with Crippen LogP contribution in [0.25, 0.3) is 0 Å². The quantitative estimate of drug-likeness (QED) is 0.680. The second-order valence-corrected chi connectivity index (χ2v) is 8.74. The molecule has 0 bridgehead atoms. The number of hydrogen-bond acceptors (Lipinski definition) is 1. The Labute approximate surface area is 131 Å². The molecule has 1 N–H and O–H groups in total. The van der Waals surface area contributed by atoms with E-state index in [1.165, 1.54) is 31.3 Å². The highest BCUT2D eigenvalue weighted by Gasteiger charge is 2.57. The van der Waals surface area contributed by atoms with E-state index in [0.29, 0.717) is 11.3 Å². The smallest absolute Gasteiger partial charge is 0.0656 e. The maximum absolute atomic E-state index is 11.0. The highest BCUT2D eigenvalue weighted by atomic mass is 16.3. The number of hydrogen-bond donors (Lipinski definition) is 1. The molecule has 0 aliphatic heterocycles. The fourth-order valence-corrected chi connectivity index (χ4v) is 5.53. The zero-order valence-corrected chi connectivity index (χ0v) is 14.7. The molecule has 0 amide bonds. The Hall–Kier alpha value is -0.560. The molecule has 120 valence electrons. The van der Waals surface area contributed by atoms with Gasteiger partial charge >= 0.3 is 0 Å². The van der Waals surface area contributed by atoms with Crippen LogP contribution in [0.15, 0.2) is 24.3 Å². The molecule has 1 heteroatoms. The Morgan fingerprint density at radius 1 is 1.19 bits per heavy atom. The van der Waals surface area contributed by atoms with Gasteiger partial charge in [-0.3, -0.25) is 0 Å². The van der Waals surface area contributed by atoms with Crippen molar-refractivity contribution in [2.45, 2.75) is 78.7 Å². The molecule has 2 aliphatic carbocycles. The summed E-state index contributed by atoms with van der Waals surface area (Å²) >= 11 is 0. The summed E-state index contributed by atoms with van der Waals surface area (Å²) in [6.45, 7) is 15.4. The lowest BCUT2D eigenvalue weighted by Gasteiger charge is -2.61. The SMILES string of the molecule is C=C/C(C)=C/C[C@H]1[C@]2(C)CCCC(C)(C)[C@H]2CC[C@@]1(C)O. The minimum atomic E-state index is -0.531. The molecular weight excluding hydrogens is 256 g/mol. The van der Waals surface area contributed by atoms with Crippen molar-refractivity contribution >= 4 is 0 Å². The fourth-order valence-electron chi connectivity index (χ4n) is 5.53. The molecular formula is C20H34O. The normalized spacial score (nSPS) is 43.2. The first-order chi connectivity index (χ1) is 9.63. The Bertz CT molecular complexity index is 429. The standard InChI is InChI=1S/C20H34O/c1-7-15(2)9-10-17-19(5)13-8-12-18(3,4)16(19)11-14-20(17,6)21/h7,9,16-17,21H,1,8,10-14H2,2-6H3/b15-9+/t16-,17+,19-,20-/m1/s1. The molecule has 2 aliphatic rings. The Kier molecular flexibility index (Phi) is 4.46. The molecule has 0 saturated heterocycles. The van der Waals surface area contributed by atoms with Gasteiger partial charge in [-0.1, -0.05) is 51.5 Å². The zero-order chi connectivity index (χ0) is 15.9. The molecule has 0 spiro atoms. The number of fused-ring (bicyclic) bond motifs is 1. The van der Waals surface area contributed by atoms with E-state index < -0.39 is 5.60 Å². The van der Waals surface area contributed by atoms with Crippen LogP contribution < -0.4 is 0 Å². The largest absolute Gasteiger partial charge is 0.390 e. The van der Waals surface area contributed by atoms with Gasteiger partial charge in [0.2, 0.25) is 0 Å². The first-order valence-electron chi connectivity index (χ1n) is 8.65. The minimum absolute atomic E-state index is 0.265. The van der Waals surface area contributed by atoms with E-state index in [9.17, 15) is 5.11 Å². The Balaban J connectivity index is 2.35. The average Bonchev–Trinajstić information content (AvgIpc) is 2.35. The topological polar surface area (TPSA) is 20.2 Å². The minimum Gasteiger partial charge on any atom is -0.390 e. The summed E-state index contributed by atoms with van der Waals surface area (Å²) in [5, 5.41) is 11.0. The number of aliphatic hydroxyl groups is 1. The van der Waals surface area contributed by atoms with Crippen molar-refractivity contribution in [2.75, 3.05) is 0 Å². The van der Waals surface area contributed by atoms with Gasteiger partial charge in [-0.05, 0) is 68.6 Å². The lowest BCUT2D eigenvalue weighted by atomic mass is 9.45. The van der Waals surface area contributed by atoms with Gasteiger partial charge in [0.1, 0.15) is 0 Å². The monoisotopic (exact) mass is 290 g/mol. The van der Waals surface area contributed by atoms with E-state index in [4.69, 9.17) is 0 Å². The molecule has 4 atom stereocenters. The second-order valence-electron chi connectivity index (χ2n) is 8.74. The first kappa shape index (κ1) is 16.8. The molecule has 2 saturated carbocycles. The van der Waals surface area contributed by atoms with Gasteiger partial charge in [0.05, 0.1) is 5.60 Å². The second kappa shape index (κ2) is 5.57. The van der Waals surface area contributed by atoms with Crippen LogP contribution in [-0.2, 0) is 0 Å². The third kappa shape index (κ3) is 2.99. The summed E-state index contributed by atoms with van der Waals surface area (Å²) in [4.78, 5) is 0. The van der Waals surface area contributed by atoms with Gasteiger partial charge in [0.25, 0.3) is 0 Å². The molecule has 1 nitrogen and oxygen atoms in total. The van der Waals surface area contributed by atoms with E-state index in [1.54, 1.807) is 0 Å². The predicted molar refractivity (Wildman–Crippen MR) is 91.1 cm³/mol. The third-order valence-electron chi connectivity index (χ3n) is 6.76. The van der Waals surface area contributed by atoms with Gasteiger partial charge in [-0.2, -0.15) is 0 Å². The van der Waals surface area contributed by atoms with Gasteiger partial charge in [0, 0.05) is 0 Å². The lowest BCUT2D eigenvalue weighted by Crippen LogP contribution is -2.57. The van der Waals surface area contributed by atoms with Crippen molar-refractivity contribution in [3.63, 3.8) is 0 Å². The number of rotatable bonds is 3. The summed E-state index contributed by atoms with van der Waals surface area (Å²) in [7, 11) is 0. The first-order valence-corrected chi connectivity index (χ1v) is 8.65. The molecule has 0 aromatic rings. The molecule has 0 radical (unpaired) electrons. The third-order valence-corrected chi connectivity index (χ3v) is 6.76. The van der Waals surface area contributed by atoms with E-state index in [-0.39, 0.29) is 5.41 Å². The molecule has 0 aromatic heterocycles. The van der Waals surface area contributed by atoms with E-state index >= 15 is 0 Å². The van der Waals surface area contributed by atoms with Gasteiger partial charge in [-0.25, -0.2) is 0 Å². The molecule has 2 rings (SSSR count). The van der Waals surface area contributed by atoms with E-state index in [1.807, 2.05) is 6.08 Å². The maximum Gasteiger partial charge on any atom is 0.0656 e. The van der Waals surface area contributed by atoms with Crippen LogP contribution in [0, 0.1) is 22.7 Å².